The number of benzene rings is 1. The summed E-state index contributed by atoms with van der Waals surface area (Å²) in [6.07, 6.45) is 0. The molecule has 0 saturated heterocycles. The highest BCUT2D eigenvalue weighted by Gasteiger charge is 2.05. The maximum Gasteiger partial charge on any atom is 0.373 e. The summed E-state index contributed by atoms with van der Waals surface area (Å²) in [4.78, 5) is 0. The molecule has 1 aromatic carbocycles. The second-order valence-corrected chi connectivity index (χ2v) is 3.61. The molecule has 0 radical (unpaired) electrons. The van der Waals surface area contributed by atoms with Crippen LogP contribution in [0, 0.1) is 0 Å². The molecule has 0 aliphatic rings. The molecule has 0 aliphatic heterocycles. The third-order valence-electron chi connectivity index (χ3n) is 1.98. The van der Waals surface area contributed by atoms with Crippen molar-refractivity contribution in [3.63, 3.8) is 0 Å². The van der Waals surface area contributed by atoms with Gasteiger partial charge in [0.15, 0.2) is 0 Å². The first-order valence-corrected chi connectivity index (χ1v) is 4.90. The Morgan fingerprint density at radius 1 is 1.50 bits per heavy atom. The summed E-state index contributed by atoms with van der Waals surface area (Å²) in [7, 11) is -0.517. The topological polar surface area (TPSA) is 58.3 Å². The second-order valence-electron chi connectivity index (χ2n) is 3.17. The standard InChI is InChI=1S/C9H14BClN2O/c1-10(14)13-6-7-2-3-9(11)4-8(7)5-12/h2-4,13-14H,5-6,12H2,1H3. The van der Waals surface area contributed by atoms with Crippen LogP contribution in [-0.2, 0) is 13.1 Å². The molecule has 1 aromatic rings. The molecule has 0 aromatic heterocycles. The highest BCUT2D eigenvalue weighted by molar-refractivity contribution is 6.45. The Kier molecular flexibility index (Phi) is 4.42. The van der Waals surface area contributed by atoms with Crippen molar-refractivity contribution in [1.29, 1.82) is 0 Å². The van der Waals surface area contributed by atoms with Crippen LogP contribution in [0.4, 0.5) is 0 Å². The van der Waals surface area contributed by atoms with E-state index in [-0.39, 0.29) is 0 Å². The lowest BCUT2D eigenvalue weighted by Crippen LogP contribution is -2.30. The van der Waals surface area contributed by atoms with Gasteiger partial charge >= 0.3 is 7.05 Å². The van der Waals surface area contributed by atoms with Crippen LogP contribution in [0.5, 0.6) is 0 Å². The molecule has 5 heteroatoms. The van der Waals surface area contributed by atoms with Crippen LogP contribution >= 0.6 is 11.6 Å². The Morgan fingerprint density at radius 3 is 2.79 bits per heavy atom. The van der Waals surface area contributed by atoms with Gasteiger partial charge in [-0.1, -0.05) is 17.7 Å². The lowest BCUT2D eigenvalue weighted by molar-refractivity contribution is 0.553. The molecule has 0 fully saturated rings. The SMILES string of the molecule is CB(O)NCc1ccc(Cl)cc1CN. The third kappa shape index (κ3) is 3.31. The molecule has 0 bridgehead atoms. The van der Waals surface area contributed by atoms with Crippen molar-refractivity contribution >= 4 is 18.7 Å². The molecule has 0 unspecified atom stereocenters. The van der Waals surface area contributed by atoms with E-state index in [4.69, 9.17) is 22.4 Å². The van der Waals surface area contributed by atoms with Crippen LogP contribution in [-0.4, -0.2) is 12.1 Å². The maximum atomic E-state index is 9.06. The predicted octanol–water partition coefficient (Wildman–Crippen LogP) is 0.999. The summed E-state index contributed by atoms with van der Waals surface area (Å²) in [5.41, 5.74) is 7.65. The lowest BCUT2D eigenvalue weighted by atomic mass is 9.88. The summed E-state index contributed by atoms with van der Waals surface area (Å²) in [5.74, 6) is 0. The molecule has 4 N–H and O–H groups in total. The Bertz CT molecular complexity index is 307. The number of hydrogen-bond donors (Lipinski definition) is 3. The molecule has 0 heterocycles. The second kappa shape index (κ2) is 5.36. The molecule has 0 spiro atoms. The van der Waals surface area contributed by atoms with E-state index in [0.717, 1.165) is 11.1 Å². The molecule has 0 amide bonds. The number of hydrogen-bond acceptors (Lipinski definition) is 3. The summed E-state index contributed by atoms with van der Waals surface area (Å²) in [5, 5.41) is 12.7. The van der Waals surface area contributed by atoms with Crippen LogP contribution in [0.3, 0.4) is 0 Å². The fourth-order valence-electron chi connectivity index (χ4n) is 1.21. The number of halogens is 1. The van der Waals surface area contributed by atoms with Crippen molar-refractivity contribution in [2.75, 3.05) is 0 Å². The van der Waals surface area contributed by atoms with Crippen molar-refractivity contribution in [1.82, 2.24) is 5.23 Å². The van der Waals surface area contributed by atoms with Gasteiger partial charge in [0.25, 0.3) is 0 Å². The predicted molar refractivity (Wildman–Crippen MR) is 60.0 cm³/mol. The summed E-state index contributed by atoms with van der Waals surface area (Å²) in [6, 6.07) is 5.58. The first-order chi connectivity index (χ1) is 6.63. The zero-order chi connectivity index (χ0) is 10.6. The number of rotatable bonds is 4. The van der Waals surface area contributed by atoms with Crippen LogP contribution in [0.25, 0.3) is 0 Å². The van der Waals surface area contributed by atoms with Crippen molar-refractivity contribution < 1.29 is 5.02 Å². The quantitative estimate of drug-likeness (QED) is 0.653. The van der Waals surface area contributed by atoms with Gasteiger partial charge in [0.1, 0.15) is 0 Å². The van der Waals surface area contributed by atoms with Crippen LogP contribution in [0.2, 0.25) is 11.8 Å². The number of nitrogens with two attached hydrogens (primary N) is 1. The van der Waals surface area contributed by atoms with Gasteiger partial charge in [-0.25, -0.2) is 0 Å². The zero-order valence-electron chi connectivity index (χ0n) is 8.13. The molecule has 14 heavy (non-hydrogen) atoms. The molecule has 76 valence electrons. The minimum Gasteiger partial charge on any atom is -0.437 e. The average molecular weight is 212 g/mol. The molecular weight excluding hydrogens is 198 g/mol. The van der Waals surface area contributed by atoms with Gasteiger partial charge in [-0.05, 0) is 30.1 Å². The van der Waals surface area contributed by atoms with Gasteiger partial charge in [-0.15, -0.1) is 0 Å². The van der Waals surface area contributed by atoms with E-state index in [9.17, 15) is 0 Å². The third-order valence-corrected chi connectivity index (χ3v) is 2.21. The van der Waals surface area contributed by atoms with E-state index < -0.39 is 7.05 Å². The lowest BCUT2D eigenvalue weighted by Gasteiger charge is -2.09. The molecule has 0 aliphatic carbocycles. The van der Waals surface area contributed by atoms with Gasteiger partial charge < -0.3 is 16.0 Å². The summed E-state index contributed by atoms with van der Waals surface area (Å²) < 4.78 is 0. The monoisotopic (exact) mass is 212 g/mol. The molecule has 0 saturated carbocycles. The van der Waals surface area contributed by atoms with Crippen molar-refractivity contribution in [2.24, 2.45) is 5.73 Å². The molecule has 1 rings (SSSR count). The van der Waals surface area contributed by atoms with E-state index in [0.29, 0.717) is 18.1 Å². The van der Waals surface area contributed by atoms with Crippen LogP contribution < -0.4 is 11.0 Å². The van der Waals surface area contributed by atoms with Gasteiger partial charge in [0.05, 0.1) is 0 Å². The van der Waals surface area contributed by atoms with E-state index in [2.05, 4.69) is 5.23 Å². The molecule has 3 nitrogen and oxygen atoms in total. The van der Waals surface area contributed by atoms with Gasteiger partial charge in [-0.3, -0.25) is 0 Å². The first-order valence-electron chi connectivity index (χ1n) is 4.52. The Morgan fingerprint density at radius 2 is 2.21 bits per heavy atom. The maximum absolute atomic E-state index is 9.06. The van der Waals surface area contributed by atoms with Gasteiger partial charge in [0, 0.05) is 18.1 Å². The van der Waals surface area contributed by atoms with Crippen LogP contribution in [0.1, 0.15) is 11.1 Å². The average Bonchev–Trinajstić information content (AvgIpc) is 2.15. The fourth-order valence-corrected chi connectivity index (χ4v) is 1.41. The minimum atomic E-state index is -0.517. The fraction of sp³-hybridized carbons (Fsp3) is 0.333. The Balaban J connectivity index is 2.75. The molecule has 0 atom stereocenters. The van der Waals surface area contributed by atoms with Gasteiger partial charge in [0.2, 0.25) is 0 Å². The van der Waals surface area contributed by atoms with Gasteiger partial charge in [-0.2, -0.15) is 0 Å². The Labute approximate surface area is 89.4 Å². The summed E-state index contributed by atoms with van der Waals surface area (Å²) >= 11 is 5.83. The van der Waals surface area contributed by atoms with Crippen LogP contribution in [0.15, 0.2) is 18.2 Å². The minimum absolute atomic E-state index is 0.456. The van der Waals surface area contributed by atoms with Crippen molar-refractivity contribution in [3.05, 3.63) is 34.3 Å². The van der Waals surface area contributed by atoms with E-state index in [1.54, 1.807) is 6.82 Å². The Hall–Kier alpha value is -0.545. The van der Waals surface area contributed by atoms with Crippen molar-refractivity contribution in [2.45, 2.75) is 19.9 Å². The molecular formula is C9H14BClN2O. The van der Waals surface area contributed by atoms with Crippen molar-refractivity contribution in [3.8, 4) is 0 Å². The van der Waals surface area contributed by atoms with E-state index in [1.807, 2.05) is 18.2 Å². The normalized spacial score (nSPS) is 10.3. The van der Waals surface area contributed by atoms with E-state index >= 15 is 0 Å². The smallest absolute Gasteiger partial charge is 0.373 e. The van der Waals surface area contributed by atoms with E-state index in [1.165, 1.54) is 0 Å². The largest absolute Gasteiger partial charge is 0.437 e. The first kappa shape index (κ1) is 11.5. The summed E-state index contributed by atoms with van der Waals surface area (Å²) in [6.45, 7) is 2.73. The highest BCUT2D eigenvalue weighted by Crippen LogP contribution is 2.15. The number of nitrogens with one attached hydrogen (secondary N) is 1. The zero-order valence-corrected chi connectivity index (χ0v) is 8.88. The highest BCUT2D eigenvalue weighted by atomic mass is 35.5.